The van der Waals surface area contributed by atoms with Gasteiger partial charge in [0.1, 0.15) is 0 Å². The van der Waals surface area contributed by atoms with Gasteiger partial charge in [0.15, 0.2) is 0 Å². The maximum Gasteiger partial charge on any atom is 0.312 e. The van der Waals surface area contributed by atoms with Crippen molar-refractivity contribution in [1.82, 2.24) is 0 Å². The summed E-state index contributed by atoms with van der Waals surface area (Å²) in [4.78, 5) is 11.8. The molecule has 0 unspecified atom stereocenters. The molecule has 0 bridgehead atoms. The third-order valence-corrected chi connectivity index (χ3v) is 2.93. The number of benzene rings is 1. The Balaban J connectivity index is 2.75. The van der Waals surface area contributed by atoms with Gasteiger partial charge in [-0.05, 0) is 18.4 Å². The topological polar surface area (TPSA) is 46.5 Å². The van der Waals surface area contributed by atoms with Crippen LogP contribution in [0.4, 0.5) is 0 Å². The number of carbonyl (C=O) groups excluding carboxylic acids is 1. The Kier molecular flexibility index (Phi) is 6.30. The first-order valence-corrected chi connectivity index (χ1v) is 6.64. The first-order chi connectivity index (χ1) is 9.06. The molecule has 19 heavy (non-hydrogen) atoms. The number of hydrogen-bond donors (Lipinski definition) is 1. The molecule has 0 aliphatic rings. The van der Waals surface area contributed by atoms with E-state index in [1.54, 1.807) is 13.0 Å². The Hall–Kier alpha value is -1.61. The van der Waals surface area contributed by atoms with Crippen molar-refractivity contribution in [1.29, 1.82) is 0 Å². The standard InChI is InChI=1S/C16H22O3/c1-4-19-16(18)15(12(2)3)14(17)11-10-13-8-6-5-7-9-13/h5-12,14-15,17H,4H2,1-3H3/b11-10+/t14-,15+/m0/s1. The van der Waals surface area contributed by atoms with Gasteiger partial charge in [-0.1, -0.05) is 56.3 Å². The van der Waals surface area contributed by atoms with E-state index in [1.165, 1.54) is 0 Å². The molecule has 2 atom stereocenters. The predicted octanol–water partition coefficient (Wildman–Crippen LogP) is 2.90. The quantitative estimate of drug-likeness (QED) is 0.802. The minimum Gasteiger partial charge on any atom is -0.466 e. The number of carbonyl (C=O) groups is 1. The van der Waals surface area contributed by atoms with Crippen molar-refractivity contribution >= 4 is 12.0 Å². The summed E-state index contributed by atoms with van der Waals surface area (Å²) < 4.78 is 5.01. The SMILES string of the molecule is CCOC(=O)[C@H](C(C)C)[C@@H](O)/C=C/c1ccccc1. The first-order valence-electron chi connectivity index (χ1n) is 6.64. The molecule has 1 aromatic rings. The molecule has 0 heterocycles. The molecule has 3 heteroatoms. The van der Waals surface area contributed by atoms with Crippen molar-refractivity contribution in [2.75, 3.05) is 6.61 Å². The van der Waals surface area contributed by atoms with Crippen LogP contribution in [0.3, 0.4) is 0 Å². The first kappa shape index (κ1) is 15.4. The van der Waals surface area contributed by atoms with Gasteiger partial charge in [0, 0.05) is 0 Å². The van der Waals surface area contributed by atoms with Crippen molar-refractivity contribution in [3.8, 4) is 0 Å². The molecule has 0 radical (unpaired) electrons. The van der Waals surface area contributed by atoms with E-state index in [0.717, 1.165) is 5.56 Å². The third kappa shape index (κ3) is 4.87. The molecule has 0 aliphatic carbocycles. The van der Waals surface area contributed by atoms with Gasteiger partial charge in [-0.15, -0.1) is 0 Å². The lowest BCUT2D eigenvalue weighted by atomic mass is 9.90. The Bertz CT molecular complexity index is 409. The van der Waals surface area contributed by atoms with E-state index in [2.05, 4.69) is 0 Å². The zero-order valence-corrected chi connectivity index (χ0v) is 11.7. The number of aliphatic hydroxyl groups excluding tert-OH is 1. The van der Waals surface area contributed by atoms with Crippen LogP contribution in [-0.2, 0) is 9.53 Å². The molecule has 1 rings (SSSR count). The highest BCUT2D eigenvalue weighted by atomic mass is 16.5. The zero-order valence-electron chi connectivity index (χ0n) is 11.7. The van der Waals surface area contributed by atoms with Crippen molar-refractivity contribution < 1.29 is 14.6 Å². The highest BCUT2D eigenvalue weighted by molar-refractivity contribution is 5.74. The summed E-state index contributed by atoms with van der Waals surface area (Å²) in [7, 11) is 0. The summed E-state index contributed by atoms with van der Waals surface area (Å²) in [5, 5.41) is 10.2. The normalized spacial score (nSPS) is 14.6. The Labute approximate surface area is 114 Å². The maximum atomic E-state index is 11.8. The van der Waals surface area contributed by atoms with Crippen molar-refractivity contribution in [3.63, 3.8) is 0 Å². The van der Waals surface area contributed by atoms with Crippen LogP contribution in [-0.4, -0.2) is 23.8 Å². The number of rotatable bonds is 6. The zero-order chi connectivity index (χ0) is 14.3. The summed E-state index contributed by atoms with van der Waals surface area (Å²) in [5.74, 6) is -0.850. The number of ether oxygens (including phenoxy) is 1. The van der Waals surface area contributed by atoms with Gasteiger partial charge >= 0.3 is 5.97 Å². The minimum absolute atomic E-state index is 0.0227. The number of esters is 1. The van der Waals surface area contributed by atoms with Crippen LogP contribution in [0.5, 0.6) is 0 Å². The lowest BCUT2D eigenvalue weighted by Crippen LogP contribution is -2.32. The van der Waals surface area contributed by atoms with Gasteiger partial charge in [0.2, 0.25) is 0 Å². The summed E-state index contributed by atoms with van der Waals surface area (Å²) in [6.45, 7) is 5.90. The Morgan fingerprint density at radius 1 is 1.32 bits per heavy atom. The highest BCUT2D eigenvalue weighted by Gasteiger charge is 2.29. The van der Waals surface area contributed by atoms with Crippen LogP contribution < -0.4 is 0 Å². The molecule has 104 valence electrons. The van der Waals surface area contributed by atoms with E-state index in [-0.39, 0.29) is 11.9 Å². The fourth-order valence-corrected chi connectivity index (χ4v) is 1.94. The van der Waals surface area contributed by atoms with Gasteiger partial charge in [0.25, 0.3) is 0 Å². The molecule has 1 N–H and O–H groups in total. The smallest absolute Gasteiger partial charge is 0.312 e. The van der Waals surface area contributed by atoms with Crippen molar-refractivity contribution in [3.05, 3.63) is 42.0 Å². The van der Waals surface area contributed by atoms with Gasteiger partial charge in [-0.3, -0.25) is 4.79 Å². The number of hydrogen-bond acceptors (Lipinski definition) is 3. The summed E-state index contributed by atoms with van der Waals surface area (Å²) in [5.41, 5.74) is 0.993. The molecular weight excluding hydrogens is 240 g/mol. The van der Waals surface area contributed by atoms with Crippen LogP contribution in [0.1, 0.15) is 26.3 Å². The average Bonchev–Trinajstić information content (AvgIpc) is 2.37. The molecule has 0 fully saturated rings. The van der Waals surface area contributed by atoms with E-state index < -0.39 is 12.0 Å². The van der Waals surface area contributed by atoms with Crippen molar-refractivity contribution in [2.24, 2.45) is 11.8 Å². The van der Waals surface area contributed by atoms with Crippen LogP contribution in [0.25, 0.3) is 6.08 Å². The lowest BCUT2D eigenvalue weighted by Gasteiger charge is -2.22. The molecule has 0 spiro atoms. The maximum absolute atomic E-state index is 11.8. The number of aliphatic hydroxyl groups is 1. The van der Waals surface area contributed by atoms with Crippen LogP contribution >= 0.6 is 0 Å². The monoisotopic (exact) mass is 262 g/mol. The molecule has 0 saturated heterocycles. The average molecular weight is 262 g/mol. The fourth-order valence-electron chi connectivity index (χ4n) is 1.94. The highest BCUT2D eigenvalue weighted by Crippen LogP contribution is 2.19. The van der Waals surface area contributed by atoms with Gasteiger partial charge in [-0.25, -0.2) is 0 Å². The molecule has 0 aromatic heterocycles. The predicted molar refractivity (Wildman–Crippen MR) is 76.4 cm³/mol. The third-order valence-electron chi connectivity index (χ3n) is 2.93. The Morgan fingerprint density at radius 3 is 2.47 bits per heavy atom. The second kappa shape index (κ2) is 7.74. The molecule has 3 nitrogen and oxygen atoms in total. The van der Waals surface area contributed by atoms with E-state index >= 15 is 0 Å². The van der Waals surface area contributed by atoms with E-state index in [0.29, 0.717) is 6.61 Å². The molecule has 1 aromatic carbocycles. The van der Waals surface area contributed by atoms with Crippen LogP contribution in [0.2, 0.25) is 0 Å². The second-order valence-corrected chi connectivity index (χ2v) is 4.78. The largest absolute Gasteiger partial charge is 0.466 e. The van der Waals surface area contributed by atoms with Gasteiger partial charge < -0.3 is 9.84 Å². The summed E-state index contributed by atoms with van der Waals surface area (Å²) >= 11 is 0. The lowest BCUT2D eigenvalue weighted by molar-refractivity contribution is -0.152. The second-order valence-electron chi connectivity index (χ2n) is 4.78. The summed E-state index contributed by atoms with van der Waals surface area (Å²) in [6, 6.07) is 9.67. The van der Waals surface area contributed by atoms with E-state index in [9.17, 15) is 9.90 Å². The van der Waals surface area contributed by atoms with Gasteiger partial charge in [0.05, 0.1) is 18.6 Å². The van der Waals surface area contributed by atoms with Gasteiger partial charge in [-0.2, -0.15) is 0 Å². The van der Waals surface area contributed by atoms with Crippen LogP contribution in [0, 0.1) is 11.8 Å². The molecular formula is C16H22O3. The molecule has 0 amide bonds. The van der Waals surface area contributed by atoms with E-state index in [1.807, 2.05) is 50.3 Å². The van der Waals surface area contributed by atoms with Crippen molar-refractivity contribution in [2.45, 2.75) is 26.9 Å². The molecule has 0 aliphatic heterocycles. The molecule has 0 saturated carbocycles. The summed E-state index contributed by atoms with van der Waals surface area (Å²) in [6.07, 6.45) is 2.63. The minimum atomic E-state index is -0.834. The van der Waals surface area contributed by atoms with E-state index in [4.69, 9.17) is 4.74 Å². The Morgan fingerprint density at radius 2 is 1.95 bits per heavy atom. The fraction of sp³-hybridized carbons (Fsp3) is 0.438. The van der Waals surface area contributed by atoms with Crippen LogP contribution in [0.15, 0.2) is 36.4 Å².